The van der Waals surface area contributed by atoms with Crippen LogP contribution in [0.25, 0.3) is 0 Å². The monoisotopic (exact) mass is 275 g/mol. The van der Waals surface area contributed by atoms with E-state index in [2.05, 4.69) is 46.4 Å². The first-order valence-electron chi connectivity index (χ1n) is 4.75. The molecular weight excluding hydrogens is 261 g/mol. The van der Waals surface area contributed by atoms with Crippen molar-refractivity contribution in [2.24, 2.45) is 0 Å². The van der Waals surface area contributed by atoms with Crippen molar-refractivity contribution in [2.45, 2.75) is 19.9 Å². The van der Waals surface area contributed by atoms with Gasteiger partial charge in [-0.25, -0.2) is 0 Å². The quantitative estimate of drug-likeness (QED) is 0.641. The summed E-state index contributed by atoms with van der Waals surface area (Å²) in [4.78, 5) is 0. The van der Waals surface area contributed by atoms with Gasteiger partial charge in [-0.3, -0.25) is 0 Å². The van der Waals surface area contributed by atoms with Gasteiger partial charge in [-0.1, -0.05) is 22.0 Å². The van der Waals surface area contributed by atoms with E-state index in [1.54, 1.807) is 0 Å². The van der Waals surface area contributed by atoms with Crippen molar-refractivity contribution in [1.29, 1.82) is 0 Å². The van der Waals surface area contributed by atoms with Gasteiger partial charge in [0.2, 0.25) is 0 Å². The minimum atomic E-state index is 0.727. The number of hydrogen-bond donors (Lipinski definition) is 1. The molecule has 0 unspecified atom stereocenters. The Bertz CT molecular complexity index is 289. The van der Waals surface area contributed by atoms with E-state index < -0.39 is 0 Å². The highest BCUT2D eigenvalue weighted by atomic mass is 79.9. The van der Waals surface area contributed by atoms with Gasteiger partial charge in [0, 0.05) is 16.9 Å². The average Bonchev–Trinajstić information content (AvgIpc) is 2.18. The van der Waals surface area contributed by atoms with Crippen LogP contribution >= 0.6 is 27.5 Å². The van der Waals surface area contributed by atoms with Crippen LogP contribution in [0.2, 0.25) is 0 Å². The van der Waals surface area contributed by atoms with E-state index in [9.17, 15) is 0 Å². The van der Waals surface area contributed by atoms with Crippen LogP contribution < -0.4 is 5.32 Å². The van der Waals surface area contributed by atoms with Crippen LogP contribution in [-0.4, -0.2) is 12.4 Å². The molecule has 0 aliphatic heterocycles. The van der Waals surface area contributed by atoms with E-state index in [1.807, 2.05) is 0 Å². The summed E-state index contributed by atoms with van der Waals surface area (Å²) in [6, 6.07) is 6.35. The SMILES string of the molecule is Cc1ccc(Br)cc1CNCCCCl. The van der Waals surface area contributed by atoms with Gasteiger partial charge in [-0.15, -0.1) is 11.6 Å². The molecule has 1 aromatic carbocycles. The molecule has 14 heavy (non-hydrogen) atoms. The van der Waals surface area contributed by atoms with Crippen LogP contribution in [0.5, 0.6) is 0 Å². The highest BCUT2D eigenvalue weighted by Crippen LogP contribution is 2.15. The van der Waals surface area contributed by atoms with Crippen LogP contribution in [0.3, 0.4) is 0 Å². The second-order valence-electron chi connectivity index (χ2n) is 3.29. The first kappa shape index (κ1) is 12.0. The molecule has 0 saturated carbocycles. The molecule has 0 atom stereocenters. The lowest BCUT2D eigenvalue weighted by Gasteiger charge is -2.07. The Morgan fingerprint density at radius 3 is 2.93 bits per heavy atom. The molecule has 1 nitrogen and oxygen atoms in total. The molecule has 1 N–H and O–H groups in total. The molecule has 1 rings (SSSR count). The summed E-state index contributed by atoms with van der Waals surface area (Å²) in [6.45, 7) is 4.03. The highest BCUT2D eigenvalue weighted by molar-refractivity contribution is 9.10. The smallest absolute Gasteiger partial charge is 0.0235 e. The Hall–Kier alpha value is -0.0500. The van der Waals surface area contributed by atoms with E-state index in [1.165, 1.54) is 11.1 Å². The van der Waals surface area contributed by atoms with Crippen molar-refractivity contribution < 1.29 is 0 Å². The van der Waals surface area contributed by atoms with Gasteiger partial charge in [0.1, 0.15) is 0 Å². The maximum absolute atomic E-state index is 5.59. The summed E-state index contributed by atoms with van der Waals surface area (Å²) in [7, 11) is 0. The molecule has 0 spiro atoms. The summed E-state index contributed by atoms with van der Waals surface area (Å²) in [6.07, 6.45) is 1.02. The predicted molar refractivity (Wildman–Crippen MR) is 65.9 cm³/mol. The molecule has 78 valence electrons. The van der Waals surface area contributed by atoms with Crippen LogP contribution in [0.1, 0.15) is 17.5 Å². The lowest BCUT2D eigenvalue weighted by molar-refractivity contribution is 0.675. The van der Waals surface area contributed by atoms with Crippen LogP contribution in [-0.2, 0) is 6.54 Å². The zero-order valence-electron chi connectivity index (χ0n) is 8.32. The Morgan fingerprint density at radius 1 is 1.43 bits per heavy atom. The van der Waals surface area contributed by atoms with Crippen molar-refractivity contribution in [3.8, 4) is 0 Å². The molecule has 0 bridgehead atoms. The summed E-state index contributed by atoms with van der Waals surface area (Å²) in [5, 5.41) is 3.37. The van der Waals surface area contributed by atoms with Gasteiger partial charge in [0.05, 0.1) is 0 Å². The maximum Gasteiger partial charge on any atom is 0.0235 e. The molecule has 0 amide bonds. The van der Waals surface area contributed by atoms with Gasteiger partial charge >= 0.3 is 0 Å². The molecule has 0 radical (unpaired) electrons. The van der Waals surface area contributed by atoms with Crippen molar-refractivity contribution in [3.63, 3.8) is 0 Å². The second kappa shape index (κ2) is 6.44. The van der Waals surface area contributed by atoms with Gasteiger partial charge in [0.15, 0.2) is 0 Å². The van der Waals surface area contributed by atoms with Crippen molar-refractivity contribution in [2.75, 3.05) is 12.4 Å². The highest BCUT2D eigenvalue weighted by Gasteiger charge is 1.98. The molecular formula is C11H15BrClN. The zero-order chi connectivity index (χ0) is 10.4. The van der Waals surface area contributed by atoms with Crippen LogP contribution in [0.15, 0.2) is 22.7 Å². The van der Waals surface area contributed by atoms with Gasteiger partial charge in [0.25, 0.3) is 0 Å². The molecule has 0 aliphatic carbocycles. The number of alkyl halides is 1. The van der Waals surface area contributed by atoms with E-state index >= 15 is 0 Å². The molecule has 0 aromatic heterocycles. The summed E-state index contributed by atoms with van der Waals surface area (Å²) < 4.78 is 1.14. The largest absolute Gasteiger partial charge is 0.313 e. The topological polar surface area (TPSA) is 12.0 Å². The fourth-order valence-electron chi connectivity index (χ4n) is 1.25. The van der Waals surface area contributed by atoms with Crippen molar-refractivity contribution in [3.05, 3.63) is 33.8 Å². The van der Waals surface area contributed by atoms with Crippen LogP contribution in [0.4, 0.5) is 0 Å². The second-order valence-corrected chi connectivity index (χ2v) is 4.58. The number of halogens is 2. The molecule has 1 aromatic rings. The Labute approximate surface area is 99.0 Å². The van der Waals surface area contributed by atoms with E-state index in [-0.39, 0.29) is 0 Å². The molecule has 0 aliphatic rings. The van der Waals surface area contributed by atoms with Gasteiger partial charge < -0.3 is 5.32 Å². The first-order valence-corrected chi connectivity index (χ1v) is 6.08. The molecule has 0 saturated heterocycles. The van der Waals surface area contributed by atoms with Gasteiger partial charge in [-0.2, -0.15) is 0 Å². The minimum Gasteiger partial charge on any atom is -0.313 e. The number of hydrogen-bond acceptors (Lipinski definition) is 1. The van der Waals surface area contributed by atoms with Crippen molar-refractivity contribution in [1.82, 2.24) is 5.32 Å². The number of aryl methyl sites for hydroxylation is 1. The third-order valence-electron chi connectivity index (χ3n) is 2.11. The van der Waals surface area contributed by atoms with Gasteiger partial charge in [-0.05, 0) is 43.1 Å². The van der Waals surface area contributed by atoms with E-state index in [4.69, 9.17) is 11.6 Å². The van der Waals surface area contributed by atoms with E-state index in [0.717, 1.165) is 29.9 Å². The Kier molecular flexibility index (Phi) is 5.53. The molecule has 3 heteroatoms. The standard InChI is InChI=1S/C11H15BrClN/c1-9-3-4-11(12)7-10(9)8-14-6-2-5-13/h3-4,7,14H,2,5-6,8H2,1H3. The molecule has 0 heterocycles. The third-order valence-corrected chi connectivity index (χ3v) is 2.87. The molecule has 0 fully saturated rings. The fraction of sp³-hybridized carbons (Fsp3) is 0.455. The third kappa shape index (κ3) is 3.99. The average molecular weight is 277 g/mol. The first-order chi connectivity index (χ1) is 6.74. The maximum atomic E-state index is 5.59. The Morgan fingerprint density at radius 2 is 2.21 bits per heavy atom. The lowest BCUT2D eigenvalue weighted by atomic mass is 10.1. The zero-order valence-corrected chi connectivity index (χ0v) is 10.7. The predicted octanol–water partition coefficient (Wildman–Crippen LogP) is 3.48. The number of rotatable bonds is 5. The summed E-state index contributed by atoms with van der Waals surface area (Å²) in [5.74, 6) is 0.727. The number of benzene rings is 1. The minimum absolute atomic E-state index is 0.727. The van der Waals surface area contributed by atoms with E-state index in [0.29, 0.717) is 0 Å². The summed E-state index contributed by atoms with van der Waals surface area (Å²) in [5.41, 5.74) is 2.67. The van der Waals surface area contributed by atoms with Crippen LogP contribution in [0, 0.1) is 6.92 Å². The Balaban J connectivity index is 2.45. The number of nitrogens with one attached hydrogen (secondary N) is 1. The summed E-state index contributed by atoms with van der Waals surface area (Å²) >= 11 is 9.06. The normalized spacial score (nSPS) is 10.5. The lowest BCUT2D eigenvalue weighted by Crippen LogP contribution is -2.15. The fourth-order valence-corrected chi connectivity index (χ4v) is 1.79. The van der Waals surface area contributed by atoms with Crippen molar-refractivity contribution >= 4 is 27.5 Å².